The van der Waals surface area contributed by atoms with Gasteiger partial charge < -0.3 is 24.1 Å². The second kappa shape index (κ2) is 10.4. The van der Waals surface area contributed by atoms with Crippen molar-refractivity contribution in [1.82, 2.24) is 0 Å². The third-order valence-electron chi connectivity index (χ3n) is 4.04. The van der Waals surface area contributed by atoms with E-state index in [1.807, 2.05) is 24.3 Å². The molecule has 0 saturated carbocycles. The zero-order chi connectivity index (χ0) is 19.6. The number of carbonyl (C=O) groups excluding carboxylic acids is 1. The average Bonchev–Trinajstić information content (AvgIpc) is 2.72. The lowest BCUT2D eigenvalue weighted by Crippen LogP contribution is -2.11. The summed E-state index contributed by atoms with van der Waals surface area (Å²) in [6.07, 6.45) is 3.24. The van der Waals surface area contributed by atoms with E-state index in [0.717, 1.165) is 16.7 Å². The molecule has 0 aromatic heterocycles. The molecule has 6 heteroatoms. The van der Waals surface area contributed by atoms with Crippen molar-refractivity contribution in [2.75, 3.05) is 27.9 Å². The Balaban J connectivity index is 2.17. The van der Waals surface area contributed by atoms with Crippen LogP contribution >= 0.6 is 0 Å². The van der Waals surface area contributed by atoms with Crippen LogP contribution in [0.25, 0.3) is 6.08 Å². The molecule has 0 aliphatic carbocycles. The highest BCUT2D eigenvalue weighted by Gasteiger charge is 2.17. The summed E-state index contributed by atoms with van der Waals surface area (Å²) in [5, 5.41) is 9.79. The van der Waals surface area contributed by atoms with E-state index in [4.69, 9.17) is 18.9 Å². The Morgan fingerprint density at radius 3 is 2.33 bits per heavy atom. The zero-order valence-corrected chi connectivity index (χ0v) is 15.7. The molecule has 0 bridgehead atoms. The summed E-state index contributed by atoms with van der Waals surface area (Å²) in [7, 11) is 4.70. The van der Waals surface area contributed by atoms with Crippen molar-refractivity contribution in [3.8, 4) is 17.2 Å². The van der Waals surface area contributed by atoms with E-state index in [2.05, 4.69) is 0 Å². The van der Waals surface area contributed by atoms with E-state index in [1.54, 1.807) is 39.5 Å². The first-order valence-electron chi connectivity index (χ1n) is 8.40. The van der Waals surface area contributed by atoms with Crippen molar-refractivity contribution in [3.63, 3.8) is 0 Å². The summed E-state index contributed by atoms with van der Waals surface area (Å²) in [5.74, 6) is 1.83. The molecule has 0 spiro atoms. The fourth-order valence-electron chi connectivity index (χ4n) is 2.66. The maximum absolute atomic E-state index is 10.5. The van der Waals surface area contributed by atoms with Gasteiger partial charge in [-0.1, -0.05) is 24.3 Å². The van der Waals surface area contributed by atoms with Crippen molar-refractivity contribution in [1.29, 1.82) is 0 Å². The summed E-state index contributed by atoms with van der Waals surface area (Å²) in [6, 6.07) is 11.0. The molecule has 6 nitrogen and oxygen atoms in total. The highest BCUT2D eigenvalue weighted by molar-refractivity contribution is 5.74. The second-order valence-corrected chi connectivity index (χ2v) is 5.67. The van der Waals surface area contributed by atoms with Crippen molar-refractivity contribution >= 4 is 12.4 Å². The maximum atomic E-state index is 10.5. The molecule has 0 fully saturated rings. The minimum Gasteiger partial charge on any atom is -0.496 e. The van der Waals surface area contributed by atoms with Gasteiger partial charge in [-0.25, -0.2) is 0 Å². The number of carbonyl (C=O) groups is 1. The quantitative estimate of drug-likeness (QED) is 0.510. The molecule has 0 amide bonds. The molecule has 0 aliphatic heterocycles. The van der Waals surface area contributed by atoms with E-state index < -0.39 is 6.10 Å². The Labute approximate surface area is 158 Å². The molecule has 0 saturated heterocycles. The largest absolute Gasteiger partial charge is 0.496 e. The van der Waals surface area contributed by atoms with Crippen LogP contribution in [0.4, 0.5) is 0 Å². The molecule has 144 valence electrons. The van der Waals surface area contributed by atoms with Gasteiger partial charge in [-0.15, -0.1) is 0 Å². The van der Waals surface area contributed by atoms with Crippen LogP contribution in [0.5, 0.6) is 17.2 Å². The molecule has 0 aliphatic rings. The predicted octanol–water partition coefficient (Wildman–Crippen LogP) is 3.17. The van der Waals surface area contributed by atoms with E-state index in [0.29, 0.717) is 23.5 Å². The molecule has 2 aromatic rings. The molecule has 1 unspecified atom stereocenters. The third-order valence-corrected chi connectivity index (χ3v) is 4.04. The molecular weight excluding hydrogens is 348 g/mol. The number of methoxy groups -OCH3 is 3. The summed E-state index contributed by atoms with van der Waals surface area (Å²) < 4.78 is 21.8. The topological polar surface area (TPSA) is 74.2 Å². The van der Waals surface area contributed by atoms with Crippen LogP contribution in [0.15, 0.2) is 42.5 Å². The first-order valence-corrected chi connectivity index (χ1v) is 8.40. The minimum absolute atomic E-state index is 0.201. The lowest BCUT2D eigenvalue weighted by atomic mass is 10.0. The Hall–Kier alpha value is -2.83. The fourth-order valence-corrected chi connectivity index (χ4v) is 2.66. The Bertz CT molecular complexity index is 784. The lowest BCUT2D eigenvalue weighted by Gasteiger charge is -2.19. The molecule has 27 heavy (non-hydrogen) atoms. The maximum Gasteiger partial charge on any atom is 0.161 e. The highest BCUT2D eigenvalue weighted by Crippen LogP contribution is 2.31. The minimum atomic E-state index is -0.558. The smallest absolute Gasteiger partial charge is 0.161 e. The van der Waals surface area contributed by atoms with Gasteiger partial charge in [-0.3, -0.25) is 4.79 Å². The SMILES string of the molecule is COc1ccc(COC(CO)c2ccc(C=CC=O)cc2OC)cc1OC. The molecular formula is C21H24O6. The normalized spacial score (nSPS) is 12.0. The van der Waals surface area contributed by atoms with Crippen LogP contribution in [0, 0.1) is 0 Å². The van der Waals surface area contributed by atoms with Crippen LogP contribution in [-0.2, 0) is 16.1 Å². The Kier molecular flexibility index (Phi) is 7.85. The molecule has 0 radical (unpaired) electrons. The van der Waals surface area contributed by atoms with Gasteiger partial charge in [0.15, 0.2) is 11.5 Å². The van der Waals surface area contributed by atoms with Gasteiger partial charge in [0.2, 0.25) is 0 Å². The number of aldehydes is 1. The number of ether oxygens (including phenoxy) is 4. The van der Waals surface area contributed by atoms with E-state index in [-0.39, 0.29) is 13.2 Å². The standard InChI is InChI=1S/C21H24O6/c1-24-18-9-7-16(12-20(18)26-3)14-27-21(13-23)17-8-6-15(5-4-10-22)11-19(17)25-2/h4-12,21,23H,13-14H2,1-3H3. The van der Waals surface area contributed by atoms with Gasteiger partial charge in [0, 0.05) is 5.56 Å². The number of benzene rings is 2. The number of hydrogen-bond donors (Lipinski definition) is 1. The second-order valence-electron chi connectivity index (χ2n) is 5.67. The van der Waals surface area contributed by atoms with Crippen LogP contribution in [0.3, 0.4) is 0 Å². The van der Waals surface area contributed by atoms with Crippen molar-refractivity contribution < 1.29 is 28.8 Å². The molecule has 1 atom stereocenters. The van der Waals surface area contributed by atoms with Gasteiger partial charge in [0.25, 0.3) is 0 Å². The monoisotopic (exact) mass is 372 g/mol. The Morgan fingerprint density at radius 2 is 1.70 bits per heavy atom. The number of aliphatic hydroxyl groups excluding tert-OH is 1. The summed E-state index contributed by atoms with van der Waals surface area (Å²) in [5.41, 5.74) is 2.43. The van der Waals surface area contributed by atoms with Crippen LogP contribution in [0.2, 0.25) is 0 Å². The van der Waals surface area contributed by atoms with Gasteiger partial charge >= 0.3 is 0 Å². The number of aliphatic hydroxyl groups is 1. The summed E-state index contributed by atoms with van der Waals surface area (Å²) >= 11 is 0. The van der Waals surface area contributed by atoms with Crippen LogP contribution < -0.4 is 14.2 Å². The number of allylic oxidation sites excluding steroid dienone is 1. The van der Waals surface area contributed by atoms with Crippen molar-refractivity contribution in [3.05, 3.63) is 59.2 Å². The Morgan fingerprint density at radius 1 is 0.963 bits per heavy atom. The molecule has 1 N–H and O–H groups in total. The van der Waals surface area contributed by atoms with E-state index in [9.17, 15) is 9.90 Å². The highest BCUT2D eigenvalue weighted by atomic mass is 16.5. The first-order chi connectivity index (χ1) is 13.2. The lowest BCUT2D eigenvalue weighted by molar-refractivity contribution is -0.104. The number of rotatable bonds is 10. The first kappa shape index (κ1) is 20.5. The summed E-state index contributed by atoms with van der Waals surface area (Å²) in [4.78, 5) is 10.5. The van der Waals surface area contributed by atoms with Gasteiger partial charge in [0.05, 0.1) is 34.5 Å². The van der Waals surface area contributed by atoms with Gasteiger partial charge in [-0.2, -0.15) is 0 Å². The number of hydrogen-bond acceptors (Lipinski definition) is 6. The summed E-state index contributed by atoms with van der Waals surface area (Å²) in [6.45, 7) is 0.0781. The fraction of sp³-hybridized carbons (Fsp3) is 0.286. The molecule has 2 rings (SSSR count). The van der Waals surface area contributed by atoms with Crippen molar-refractivity contribution in [2.24, 2.45) is 0 Å². The van der Waals surface area contributed by atoms with Gasteiger partial charge in [-0.05, 0) is 35.4 Å². The predicted molar refractivity (Wildman–Crippen MR) is 102 cm³/mol. The van der Waals surface area contributed by atoms with Crippen molar-refractivity contribution in [2.45, 2.75) is 12.7 Å². The molecule has 0 heterocycles. The van der Waals surface area contributed by atoms with Gasteiger partial charge in [0.1, 0.15) is 18.1 Å². The van der Waals surface area contributed by atoms with E-state index >= 15 is 0 Å². The zero-order valence-electron chi connectivity index (χ0n) is 15.7. The van der Waals surface area contributed by atoms with E-state index in [1.165, 1.54) is 6.08 Å². The van der Waals surface area contributed by atoms with Crippen LogP contribution in [0.1, 0.15) is 22.8 Å². The average molecular weight is 372 g/mol. The molecule has 2 aromatic carbocycles. The third kappa shape index (κ3) is 5.32. The van der Waals surface area contributed by atoms with Crippen LogP contribution in [-0.4, -0.2) is 39.3 Å².